The van der Waals surface area contributed by atoms with E-state index in [1.807, 2.05) is 17.9 Å². The SMILES string of the molecule is Cn1cc(CCN2C3CCC2CC(N)C3)cn1. The fourth-order valence-corrected chi connectivity index (χ4v) is 3.54. The molecule has 2 atom stereocenters. The maximum absolute atomic E-state index is 6.09. The molecule has 0 radical (unpaired) electrons. The van der Waals surface area contributed by atoms with Gasteiger partial charge in [-0.1, -0.05) is 0 Å². The summed E-state index contributed by atoms with van der Waals surface area (Å²) in [6, 6.07) is 1.95. The van der Waals surface area contributed by atoms with Gasteiger partial charge in [-0.3, -0.25) is 9.58 Å². The first kappa shape index (κ1) is 11.2. The van der Waals surface area contributed by atoms with E-state index in [0.29, 0.717) is 6.04 Å². The Hall–Kier alpha value is -0.870. The second-order valence-electron chi connectivity index (χ2n) is 5.63. The number of hydrogen-bond acceptors (Lipinski definition) is 3. The van der Waals surface area contributed by atoms with E-state index >= 15 is 0 Å². The minimum absolute atomic E-state index is 0.446. The van der Waals surface area contributed by atoms with Crippen molar-refractivity contribution < 1.29 is 0 Å². The smallest absolute Gasteiger partial charge is 0.0522 e. The predicted octanol–water partition coefficient (Wildman–Crippen LogP) is 0.917. The van der Waals surface area contributed by atoms with Crippen molar-refractivity contribution in [2.24, 2.45) is 12.8 Å². The molecule has 94 valence electrons. The van der Waals surface area contributed by atoms with Crippen LogP contribution in [0.25, 0.3) is 0 Å². The number of nitrogens with zero attached hydrogens (tertiary/aromatic N) is 3. The molecule has 4 nitrogen and oxygen atoms in total. The third-order valence-electron chi connectivity index (χ3n) is 4.34. The molecule has 0 aliphatic carbocycles. The van der Waals surface area contributed by atoms with E-state index in [2.05, 4.69) is 16.2 Å². The highest BCUT2D eigenvalue weighted by Crippen LogP contribution is 2.34. The average Bonchev–Trinajstić information content (AvgIpc) is 2.79. The fourth-order valence-electron chi connectivity index (χ4n) is 3.54. The zero-order valence-corrected chi connectivity index (χ0v) is 10.5. The Kier molecular flexibility index (Phi) is 2.92. The van der Waals surface area contributed by atoms with E-state index in [1.165, 1.54) is 37.8 Å². The summed E-state index contributed by atoms with van der Waals surface area (Å²) in [6.45, 7) is 1.17. The molecule has 2 saturated heterocycles. The van der Waals surface area contributed by atoms with Gasteiger partial charge in [-0.2, -0.15) is 5.10 Å². The standard InChI is InChI=1S/C13H22N4/c1-16-9-10(8-15-16)4-5-17-12-2-3-13(17)7-11(14)6-12/h8-9,11-13H,2-7,14H2,1H3. The largest absolute Gasteiger partial charge is 0.328 e. The van der Waals surface area contributed by atoms with Gasteiger partial charge in [-0.15, -0.1) is 0 Å². The Morgan fingerprint density at radius 2 is 2.06 bits per heavy atom. The molecule has 4 heteroatoms. The molecule has 1 aromatic heterocycles. The Morgan fingerprint density at radius 3 is 2.65 bits per heavy atom. The zero-order chi connectivity index (χ0) is 11.8. The minimum Gasteiger partial charge on any atom is -0.328 e. The molecule has 2 N–H and O–H groups in total. The summed E-state index contributed by atoms with van der Waals surface area (Å²) in [5, 5.41) is 4.22. The zero-order valence-electron chi connectivity index (χ0n) is 10.5. The van der Waals surface area contributed by atoms with Gasteiger partial charge >= 0.3 is 0 Å². The van der Waals surface area contributed by atoms with Gasteiger partial charge in [0.1, 0.15) is 0 Å². The van der Waals surface area contributed by atoms with E-state index in [0.717, 1.165) is 18.5 Å². The van der Waals surface area contributed by atoms with Crippen LogP contribution in [0.15, 0.2) is 12.4 Å². The van der Waals surface area contributed by atoms with E-state index in [9.17, 15) is 0 Å². The lowest BCUT2D eigenvalue weighted by molar-refractivity contribution is 0.129. The van der Waals surface area contributed by atoms with Crippen LogP contribution in [-0.2, 0) is 13.5 Å². The van der Waals surface area contributed by atoms with Crippen LogP contribution >= 0.6 is 0 Å². The van der Waals surface area contributed by atoms with Gasteiger partial charge in [0, 0.05) is 37.9 Å². The van der Waals surface area contributed by atoms with E-state index < -0.39 is 0 Å². The van der Waals surface area contributed by atoms with Crippen molar-refractivity contribution >= 4 is 0 Å². The van der Waals surface area contributed by atoms with Gasteiger partial charge < -0.3 is 5.73 Å². The van der Waals surface area contributed by atoms with Crippen molar-refractivity contribution in [2.75, 3.05) is 6.54 Å². The molecular formula is C13H22N4. The maximum atomic E-state index is 6.09. The van der Waals surface area contributed by atoms with Gasteiger partial charge in [0.25, 0.3) is 0 Å². The quantitative estimate of drug-likeness (QED) is 0.846. The molecule has 2 aliphatic rings. The molecule has 2 aliphatic heterocycles. The summed E-state index contributed by atoms with van der Waals surface area (Å²) in [4.78, 5) is 2.69. The number of hydrogen-bond donors (Lipinski definition) is 1. The van der Waals surface area contributed by atoms with Crippen molar-refractivity contribution in [1.29, 1.82) is 0 Å². The number of nitrogens with two attached hydrogens (primary N) is 1. The number of fused-ring (bicyclic) bond motifs is 2. The Bertz CT molecular complexity index is 373. The first-order valence-corrected chi connectivity index (χ1v) is 6.71. The molecule has 1 aromatic rings. The topological polar surface area (TPSA) is 47.1 Å². The van der Waals surface area contributed by atoms with Crippen LogP contribution in [0.4, 0.5) is 0 Å². The Labute approximate surface area is 103 Å². The summed E-state index contributed by atoms with van der Waals surface area (Å²) in [6.07, 6.45) is 10.3. The summed E-state index contributed by atoms with van der Waals surface area (Å²) in [5.41, 5.74) is 7.44. The van der Waals surface area contributed by atoms with Crippen LogP contribution in [0.1, 0.15) is 31.2 Å². The van der Waals surface area contributed by atoms with Gasteiger partial charge in [0.2, 0.25) is 0 Å². The lowest BCUT2D eigenvalue weighted by Gasteiger charge is -2.37. The van der Waals surface area contributed by atoms with Gasteiger partial charge in [-0.25, -0.2) is 0 Å². The molecular weight excluding hydrogens is 212 g/mol. The number of piperidine rings is 1. The summed E-state index contributed by atoms with van der Waals surface area (Å²) in [5.74, 6) is 0. The van der Waals surface area contributed by atoms with E-state index in [1.54, 1.807) is 0 Å². The Balaban J connectivity index is 1.59. The lowest BCUT2D eigenvalue weighted by atomic mass is 9.98. The molecule has 3 heterocycles. The highest BCUT2D eigenvalue weighted by atomic mass is 15.2. The molecule has 3 rings (SSSR count). The highest BCUT2D eigenvalue weighted by molar-refractivity contribution is 5.05. The summed E-state index contributed by atoms with van der Waals surface area (Å²) in [7, 11) is 1.98. The van der Waals surface area contributed by atoms with Crippen molar-refractivity contribution in [2.45, 2.75) is 50.2 Å². The van der Waals surface area contributed by atoms with Gasteiger partial charge in [0.15, 0.2) is 0 Å². The molecule has 0 spiro atoms. The van der Waals surface area contributed by atoms with E-state index in [4.69, 9.17) is 5.73 Å². The number of aromatic nitrogens is 2. The molecule has 0 aromatic carbocycles. The second-order valence-corrected chi connectivity index (χ2v) is 5.63. The first-order valence-electron chi connectivity index (χ1n) is 6.71. The Morgan fingerprint density at radius 1 is 1.35 bits per heavy atom. The van der Waals surface area contributed by atoms with Crippen LogP contribution in [0.5, 0.6) is 0 Å². The fraction of sp³-hybridized carbons (Fsp3) is 0.769. The molecule has 17 heavy (non-hydrogen) atoms. The molecule has 2 fully saturated rings. The van der Waals surface area contributed by atoms with Crippen molar-refractivity contribution in [3.05, 3.63) is 18.0 Å². The number of rotatable bonds is 3. The lowest BCUT2D eigenvalue weighted by Crippen LogP contribution is -2.48. The van der Waals surface area contributed by atoms with Crippen molar-refractivity contribution in [3.63, 3.8) is 0 Å². The first-order chi connectivity index (χ1) is 8.22. The van der Waals surface area contributed by atoms with Crippen molar-refractivity contribution in [3.8, 4) is 0 Å². The van der Waals surface area contributed by atoms with Gasteiger partial charge in [0.05, 0.1) is 6.20 Å². The normalized spacial score (nSPS) is 33.2. The van der Waals surface area contributed by atoms with Crippen LogP contribution < -0.4 is 5.73 Å². The van der Waals surface area contributed by atoms with Crippen LogP contribution in [0.3, 0.4) is 0 Å². The highest BCUT2D eigenvalue weighted by Gasteiger charge is 2.38. The average molecular weight is 234 g/mol. The molecule has 2 unspecified atom stereocenters. The summed E-state index contributed by atoms with van der Waals surface area (Å²) < 4.78 is 1.88. The predicted molar refractivity (Wildman–Crippen MR) is 67.6 cm³/mol. The maximum Gasteiger partial charge on any atom is 0.0522 e. The van der Waals surface area contributed by atoms with Crippen LogP contribution in [0, 0.1) is 0 Å². The second kappa shape index (κ2) is 4.42. The third-order valence-corrected chi connectivity index (χ3v) is 4.34. The molecule has 2 bridgehead atoms. The van der Waals surface area contributed by atoms with Crippen molar-refractivity contribution in [1.82, 2.24) is 14.7 Å². The summed E-state index contributed by atoms with van der Waals surface area (Å²) >= 11 is 0. The van der Waals surface area contributed by atoms with Gasteiger partial charge in [-0.05, 0) is 37.7 Å². The molecule has 0 amide bonds. The number of aryl methyl sites for hydroxylation is 1. The van der Waals surface area contributed by atoms with Crippen LogP contribution in [-0.4, -0.2) is 39.4 Å². The molecule has 0 saturated carbocycles. The monoisotopic (exact) mass is 234 g/mol. The van der Waals surface area contributed by atoms with E-state index in [-0.39, 0.29) is 0 Å². The minimum atomic E-state index is 0.446. The van der Waals surface area contributed by atoms with Crippen LogP contribution in [0.2, 0.25) is 0 Å². The third kappa shape index (κ3) is 2.24.